The molecule has 3 aromatic rings. The van der Waals surface area contributed by atoms with E-state index in [1.165, 1.54) is 22.5 Å². The fourth-order valence-electron chi connectivity index (χ4n) is 4.48. The highest BCUT2D eigenvalue weighted by Gasteiger charge is 2.48. The largest absolute Gasteiger partial charge is 0.434 e. The Hall–Kier alpha value is -2.69. The topological polar surface area (TPSA) is 99.5 Å². The number of nitrogens with one attached hydrogen (secondary N) is 1. The standard InChI is InChI=1S/C22H24ClFN4O4S/c1-11-6-8-16(24)19(12(11)2)13(3)20(21-25-26-22(29)32-21)28-14(4)27(5)17-10-15(23)7-9-18(17)33(28,30)31/h6-10,13-14,20H,1-5H3,(H,26,29)/t13-,14?,20+/m1/s1. The van der Waals surface area contributed by atoms with E-state index in [0.717, 1.165) is 5.56 Å². The van der Waals surface area contributed by atoms with Crippen molar-refractivity contribution >= 4 is 27.3 Å². The first kappa shape index (κ1) is 23.5. The summed E-state index contributed by atoms with van der Waals surface area (Å²) in [5.41, 5.74) is 2.32. The molecule has 176 valence electrons. The van der Waals surface area contributed by atoms with E-state index < -0.39 is 39.7 Å². The summed E-state index contributed by atoms with van der Waals surface area (Å²) in [5, 5.41) is 6.54. The van der Waals surface area contributed by atoms with Crippen molar-refractivity contribution in [1.82, 2.24) is 14.5 Å². The molecular formula is C22H24ClFN4O4S. The average Bonchev–Trinajstić information content (AvgIpc) is 3.18. The smallest absolute Gasteiger partial charge is 0.391 e. The minimum Gasteiger partial charge on any atom is -0.391 e. The van der Waals surface area contributed by atoms with E-state index in [4.69, 9.17) is 16.0 Å². The van der Waals surface area contributed by atoms with Crippen molar-refractivity contribution in [2.75, 3.05) is 11.9 Å². The van der Waals surface area contributed by atoms with Crippen LogP contribution in [0.2, 0.25) is 5.02 Å². The molecule has 1 aliphatic rings. The highest BCUT2D eigenvalue weighted by atomic mass is 35.5. The van der Waals surface area contributed by atoms with Crippen LogP contribution in [-0.2, 0) is 10.0 Å². The predicted molar refractivity (Wildman–Crippen MR) is 122 cm³/mol. The number of anilines is 1. The van der Waals surface area contributed by atoms with E-state index in [1.54, 1.807) is 44.9 Å². The molecule has 0 bridgehead atoms. The lowest BCUT2D eigenvalue weighted by atomic mass is 9.87. The molecule has 1 aliphatic heterocycles. The molecule has 0 aliphatic carbocycles. The lowest BCUT2D eigenvalue weighted by Gasteiger charge is -2.45. The van der Waals surface area contributed by atoms with Gasteiger partial charge in [0.1, 0.15) is 16.8 Å². The van der Waals surface area contributed by atoms with Crippen LogP contribution in [0.5, 0.6) is 0 Å². The zero-order valence-electron chi connectivity index (χ0n) is 18.8. The van der Waals surface area contributed by atoms with E-state index in [9.17, 15) is 13.2 Å². The Bertz CT molecular complexity index is 1390. The number of sulfonamides is 1. The van der Waals surface area contributed by atoms with Gasteiger partial charge < -0.3 is 9.32 Å². The summed E-state index contributed by atoms with van der Waals surface area (Å²) in [4.78, 5) is 13.6. The third-order valence-electron chi connectivity index (χ3n) is 6.43. The number of hydrogen-bond acceptors (Lipinski definition) is 6. The number of hydrogen-bond donors (Lipinski definition) is 1. The van der Waals surface area contributed by atoms with Crippen LogP contribution in [0.3, 0.4) is 0 Å². The number of aryl methyl sites for hydroxylation is 1. The van der Waals surface area contributed by atoms with Gasteiger partial charge in [-0.1, -0.05) is 24.6 Å². The second-order valence-corrected chi connectivity index (χ2v) is 10.5. The second kappa shape index (κ2) is 8.27. The third kappa shape index (κ3) is 3.75. The Morgan fingerprint density at radius 2 is 1.94 bits per heavy atom. The van der Waals surface area contributed by atoms with Gasteiger partial charge in [0, 0.05) is 18.0 Å². The average molecular weight is 495 g/mol. The maximum atomic E-state index is 15.1. The summed E-state index contributed by atoms with van der Waals surface area (Å²) < 4.78 is 49.3. The molecule has 1 unspecified atom stereocenters. The number of aromatic nitrogens is 2. The molecule has 1 N–H and O–H groups in total. The van der Waals surface area contributed by atoms with E-state index in [2.05, 4.69) is 10.2 Å². The minimum absolute atomic E-state index is 0.0454. The van der Waals surface area contributed by atoms with E-state index in [0.29, 0.717) is 21.8 Å². The fraction of sp³-hybridized carbons (Fsp3) is 0.364. The van der Waals surface area contributed by atoms with Crippen molar-refractivity contribution in [3.8, 4) is 0 Å². The summed E-state index contributed by atoms with van der Waals surface area (Å²) in [7, 11) is -2.38. The molecule has 0 fully saturated rings. The fourth-order valence-corrected chi connectivity index (χ4v) is 6.70. The minimum atomic E-state index is -4.11. The zero-order chi connectivity index (χ0) is 24.2. The quantitative estimate of drug-likeness (QED) is 0.586. The third-order valence-corrected chi connectivity index (χ3v) is 8.65. The van der Waals surface area contributed by atoms with Gasteiger partial charge in [0.15, 0.2) is 0 Å². The number of benzene rings is 2. The molecular weight excluding hydrogens is 471 g/mol. The lowest BCUT2D eigenvalue weighted by molar-refractivity contribution is 0.193. The Morgan fingerprint density at radius 1 is 1.24 bits per heavy atom. The number of nitrogens with zero attached hydrogens (tertiary/aromatic N) is 3. The van der Waals surface area contributed by atoms with Crippen LogP contribution in [-0.4, -0.2) is 36.1 Å². The van der Waals surface area contributed by atoms with Gasteiger partial charge in [0.05, 0.1) is 11.9 Å². The van der Waals surface area contributed by atoms with Crippen molar-refractivity contribution in [2.45, 2.75) is 50.7 Å². The monoisotopic (exact) mass is 494 g/mol. The van der Waals surface area contributed by atoms with Crippen LogP contribution in [0.15, 0.2) is 44.4 Å². The van der Waals surface area contributed by atoms with Crippen LogP contribution in [0, 0.1) is 19.7 Å². The highest BCUT2D eigenvalue weighted by molar-refractivity contribution is 7.89. The van der Waals surface area contributed by atoms with Crippen LogP contribution in [0.25, 0.3) is 0 Å². The van der Waals surface area contributed by atoms with Gasteiger partial charge in [-0.2, -0.15) is 4.31 Å². The molecule has 4 rings (SSSR count). The summed E-state index contributed by atoms with van der Waals surface area (Å²) in [6.07, 6.45) is -0.719. The predicted octanol–water partition coefficient (Wildman–Crippen LogP) is 4.10. The Morgan fingerprint density at radius 3 is 2.58 bits per heavy atom. The maximum Gasteiger partial charge on any atom is 0.434 e. The SMILES string of the molecule is Cc1ccc(F)c([C@@H](C)[C@@H](c2n[nH]c(=O)o2)N2C(C)N(C)c3cc(Cl)ccc3S2(=O)=O)c1C. The molecule has 33 heavy (non-hydrogen) atoms. The van der Waals surface area contributed by atoms with Gasteiger partial charge in [-0.25, -0.2) is 22.7 Å². The van der Waals surface area contributed by atoms with Gasteiger partial charge in [-0.05, 0) is 61.7 Å². The Labute approximate surface area is 196 Å². The summed E-state index contributed by atoms with van der Waals surface area (Å²) in [5.74, 6) is -2.19. The summed E-state index contributed by atoms with van der Waals surface area (Å²) in [6.45, 7) is 7.03. The Balaban J connectivity index is 1.97. The first-order chi connectivity index (χ1) is 15.4. The second-order valence-electron chi connectivity index (χ2n) is 8.28. The van der Waals surface area contributed by atoms with Gasteiger partial charge in [0.25, 0.3) is 0 Å². The van der Waals surface area contributed by atoms with Crippen LogP contribution < -0.4 is 10.7 Å². The Kier molecular flexibility index (Phi) is 5.88. The summed E-state index contributed by atoms with van der Waals surface area (Å²) in [6, 6.07) is 6.42. The molecule has 3 atom stereocenters. The van der Waals surface area contributed by atoms with Crippen LogP contribution >= 0.6 is 11.6 Å². The van der Waals surface area contributed by atoms with E-state index in [-0.39, 0.29) is 10.8 Å². The van der Waals surface area contributed by atoms with Gasteiger partial charge in [0.2, 0.25) is 15.9 Å². The number of H-pyrrole nitrogens is 1. The molecule has 2 heterocycles. The number of halogens is 2. The van der Waals surface area contributed by atoms with Crippen molar-refractivity contribution in [1.29, 1.82) is 0 Å². The highest BCUT2D eigenvalue weighted by Crippen LogP contribution is 2.46. The molecule has 8 nitrogen and oxygen atoms in total. The molecule has 0 saturated carbocycles. The van der Waals surface area contributed by atoms with Gasteiger partial charge in [-0.15, -0.1) is 5.10 Å². The van der Waals surface area contributed by atoms with Crippen molar-refractivity contribution in [3.63, 3.8) is 0 Å². The lowest BCUT2D eigenvalue weighted by Crippen LogP contribution is -2.54. The zero-order valence-corrected chi connectivity index (χ0v) is 20.3. The molecule has 0 amide bonds. The van der Waals surface area contributed by atoms with E-state index in [1.807, 2.05) is 6.92 Å². The molecule has 0 radical (unpaired) electrons. The molecule has 0 spiro atoms. The molecule has 2 aromatic carbocycles. The van der Waals surface area contributed by atoms with Gasteiger partial charge >= 0.3 is 5.76 Å². The molecule has 0 saturated heterocycles. The number of aromatic amines is 1. The molecule has 11 heteroatoms. The van der Waals surface area contributed by atoms with Gasteiger partial charge in [-0.3, -0.25) is 0 Å². The number of fused-ring (bicyclic) bond motifs is 1. The first-order valence-corrected chi connectivity index (χ1v) is 12.1. The van der Waals surface area contributed by atoms with Crippen molar-refractivity contribution in [3.05, 3.63) is 74.3 Å². The van der Waals surface area contributed by atoms with Crippen molar-refractivity contribution < 1.29 is 17.2 Å². The maximum absolute atomic E-state index is 15.1. The number of rotatable bonds is 4. The normalized spacial score (nSPS) is 19.8. The molecule has 1 aromatic heterocycles. The van der Waals surface area contributed by atoms with Crippen LogP contribution in [0.1, 0.15) is 48.4 Å². The van der Waals surface area contributed by atoms with E-state index >= 15 is 4.39 Å². The van der Waals surface area contributed by atoms with Crippen molar-refractivity contribution in [2.24, 2.45) is 0 Å². The van der Waals surface area contributed by atoms with Crippen LogP contribution in [0.4, 0.5) is 10.1 Å². The summed E-state index contributed by atoms with van der Waals surface area (Å²) >= 11 is 6.12. The first-order valence-electron chi connectivity index (χ1n) is 10.3.